The number of fused-ring (bicyclic) bond motifs is 1. The highest BCUT2D eigenvalue weighted by molar-refractivity contribution is 5.93. The molecule has 1 aliphatic rings. The summed E-state index contributed by atoms with van der Waals surface area (Å²) in [5, 5.41) is 17.3. The number of furan rings is 1. The van der Waals surface area contributed by atoms with Crippen LogP contribution in [0.25, 0.3) is 0 Å². The van der Waals surface area contributed by atoms with Crippen molar-refractivity contribution in [2.45, 2.75) is 12.8 Å². The molecule has 0 amide bonds. The third-order valence-electron chi connectivity index (χ3n) is 2.13. The number of hydrogen-bond donors (Lipinski definition) is 2. The molecule has 0 saturated carbocycles. The molecule has 0 radical (unpaired) electrons. The number of hydrogen-bond acceptors (Lipinski definition) is 3. The third-order valence-corrected chi connectivity index (χ3v) is 2.13. The Bertz CT molecular complexity index is 364. The SMILES string of the molecule is O=C(O)c1oc(C(=O)O)c2c1CC2. The van der Waals surface area contributed by atoms with Gasteiger partial charge in [0.15, 0.2) is 0 Å². The highest BCUT2D eigenvalue weighted by atomic mass is 16.4. The van der Waals surface area contributed by atoms with Crippen LogP contribution in [0.15, 0.2) is 4.42 Å². The van der Waals surface area contributed by atoms with E-state index < -0.39 is 11.9 Å². The number of rotatable bonds is 2. The normalized spacial score (nSPS) is 13.2. The van der Waals surface area contributed by atoms with Gasteiger partial charge in [-0.25, -0.2) is 9.59 Å². The second-order valence-corrected chi connectivity index (χ2v) is 2.83. The molecule has 0 unspecified atom stereocenters. The molecular weight excluding hydrogens is 176 g/mol. The first-order valence-corrected chi connectivity index (χ1v) is 3.72. The zero-order valence-corrected chi connectivity index (χ0v) is 6.53. The maximum absolute atomic E-state index is 10.6. The van der Waals surface area contributed by atoms with E-state index in [9.17, 15) is 9.59 Å². The summed E-state index contributed by atoms with van der Waals surface area (Å²) in [6.07, 6.45) is 1.18. The van der Waals surface area contributed by atoms with Gasteiger partial charge in [-0.05, 0) is 12.8 Å². The average Bonchev–Trinajstić information content (AvgIpc) is 2.22. The van der Waals surface area contributed by atoms with E-state index >= 15 is 0 Å². The first-order valence-electron chi connectivity index (χ1n) is 3.72. The van der Waals surface area contributed by atoms with E-state index in [1.54, 1.807) is 0 Å². The lowest BCUT2D eigenvalue weighted by molar-refractivity contribution is 0.0631. The van der Waals surface area contributed by atoms with Crippen molar-refractivity contribution < 1.29 is 24.2 Å². The van der Waals surface area contributed by atoms with Crippen molar-refractivity contribution >= 4 is 11.9 Å². The summed E-state index contributed by atoms with van der Waals surface area (Å²) >= 11 is 0. The van der Waals surface area contributed by atoms with Crippen LogP contribution >= 0.6 is 0 Å². The van der Waals surface area contributed by atoms with Gasteiger partial charge in [-0.3, -0.25) is 0 Å². The molecule has 2 rings (SSSR count). The minimum atomic E-state index is -1.21. The summed E-state index contributed by atoms with van der Waals surface area (Å²) in [7, 11) is 0. The maximum atomic E-state index is 10.6. The third kappa shape index (κ3) is 0.932. The molecule has 0 spiro atoms. The average molecular weight is 182 g/mol. The van der Waals surface area contributed by atoms with Crippen molar-refractivity contribution in [3.63, 3.8) is 0 Å². The molecule has 13 heavy (non-hydrogen) atoms. The fraction of sp³-hybridized carbons (Fsp3) is 0.250. The predicted molar refractivity (Wildman–Crippen MR) is 40.0 cm³/mol. The first-order chi connectivity index (χ1) is 6.11. The van der Waals surface area contributed by atoms with E-state index in [0.29, 0.717) is 24.0 Å². The van der Waals surface area contributed by atoms with Crippen molar-refractivity contribution in [2.24, 2.45) is 0 Å². The van der Waals surface area contributed by atoms with Crippen molar-refractivity contribution in [1.82, 2.24) is 0 Å². The van der Waals surface area contributed by atoms with Gasteiger partial charge in [-0.2, -0.15) is 0 Å². The lowest BCUT2D eigenvalue weighted by Crippen LogP contribution is -2.12. The fourth-order valence-corrected chi connectivity index (χ4v) is 1.45. The van der Waals surface area contributed by atoms with Gasteiger partial charge in [-0.1, -0.05) is 0 Å². The van der Waals surface area contributed by atoms with Crippen molar-refractivity contribution in [3.05, 3.63) is 22.6 Å². The Morgan fingerprint density at radius 1 is 1.00 bits per heavy atom. The second kappa shape index (κ2) is 2.35. The van der Waals surface area contributed by atoms with Crippen LogP contribution in [0.4, 0.5) is 0 Å². The van der Waals surface area contributed by atoms with Gasteiger partial charge >= 0.3 is 11.9 Å². The molecular formula is C8H6O5. The van der Waals surface area contributed by atoms with Gasteiger partial charge in [0.05, 0.1) is 0 Å². The Hall–Kier alpha value is -1.78. The van der Waals surface area contributed by atoms with E-state index in [-0.39, 0.29) is 11.5 Å². The van der Waals surface area contributed by atoms with Crippen LogP contribution in [0.3, 0.4) is 0 Å². The Morgan fingerprint density at radius 2 is 1.38 bits per heavy atom. The molecule has 2 N–H and O–H groups in total. The molecule has 0 atom stereocenters. The Balaban J connectivity index is 2.57. The zero-order valence-electron chi connectivity index (χ0n) is 6.53. The topological polar surface area (TPSA) is 87.7 Å². The van der Waals surface area contributed by atoms with E-state index in [4.69, 9.17) is 14.6 Å². The molecule has 0 saturated heterocycles. The van der Waals surface area contributed by atoms with Gasteiger partial charge in [0.1, 0.15) is 0 Å². The smallest absolute Gasteiger partial charge is 0.372 e. The minimum absolute atomic E-state index is 0.223. The molecule has 0 aromatic carbocycles. The fourth-order valence-electron chi connectivity index (χ4n) is 1.45. The highest BCUT2D eigenvalue weighted by Crippen LogP contribution is 2.32. The molecule has 0 fully saturated rings. The second-order valence-electron chi connectivity index (χ2n) is 2.83. The zero-order chi connectivity index (χ0) is 9.59. The standard InChI is InChI=1S/C8H6O5/c9-7(10)5-3-1-2-4(3)6(13-5)8(11)12/h1-2H2,(H,9,10)(H,11,12). The summed E-state index contributed by atoms with van der Waals surface area (Å²) in [6, 6.07) is 0. The summed E-state index contributed by atoms with van der Waals surface area (Å²) in [4.78, 5) is 21.1. The maximum Gasteiger partial charge on any atom is 0.372 e. The highest BCUT2D eigenvalue weighted by Gasteiger charge is 2.32. The van der Waals surface area contributed by atoms with E-state index in [2.05, 4.69) is 0 Å². The van der Waals surface area contributed by atoms with Gasteiger partial charge in [0, 0.05) is 11.1 Å². The first kappa shape index (κ1) is 7.85. The molecule has 68 valence electrons. The Labute approximate surface area is 72.6 Å². The number of carbonyl (C=O) groups is 2. The molecule has 1 aliphatic carbocycles. The molecule has 1 heterocycles. The van der Waals surface area contributed by atoms with Crippen LogP contribution in [-0.2, 0) is 12.8 Å². The molecule has 1 aromatic rings. The van der Waals surface area contributed by atoms with Gasteiger partial charge in [-0.15, -0.1) is 0 Å². The van der Waals surface area contributed by atoms with Crippen molar-refractivity contribution in [3.8, 4) is 0 Å². The summed E-state index contributed by atoms with van der Waals surface area (Å²) < 4.78 is 4.73. The number of carboxylic acids is 2. The van der Waals surface area contributed by atoms with Crippen LogP contribution in [0, 0.1) is 0 Å². The predicted octanol–water partition coefficient (Wildman–Crippen LogP) is 0.775. The minimum Gasteiger partial charge on any atom is -0.475 e. The van der Waals surface area contributed by atoms with Crippen LogP contribution in [-0.4, -0.2) is 22.2 Å². The van der Waals surface area contributed by atoms with E-state index in [1.165, 1.54) is 0 Å². The van der Waals surface area contributed by atoms with E-state index in [1.807, 2.05) is 0 Å². The molecule has 0 aliphatic heterocycles. The lowest BCUT2D eigenvalue weighted by atomic mass is 9.89. The summed E-state index contributed by atoms with van der Waals surface area (Å²) in [6.45, 7) is 0. The quantitative estimate of drug-likeness (QED) is 0.705. The Kier molecular flexibility index (Phi) is 1.42. The Morgan fingerprint density at radius 3 is 1.54 bits per heavy atom. The lowest BCUT2D eigenvalue weighted by Gasteiger charge is -2.11. The monoisotopic (exact) mass is 182 g/mol. The molecule has 5 nitrogen and oxygen atoms in total. The van der Waals surface area contributed by atoms with Crippen LogP contribution in [0.1, 0.15) is 32.2 Å². The summed E-state index contributed by atoms with van der Waals surface area (Å²) in [5.74, 6) is -2.86. The van der Waals surface area contributed by atoms with E-state index in [0.717, 1.165) is 0 Å². The van der Waals surface area contributed by atoms with Gasteiger partial charge < -0.3 is 14.6 Å². The largest absolute Gasteiger partial charge is 0.475 e. The van der Waals surface area contributed by atoms with Crippen molar-refractivity contribution in [1.29, 1.82) is 0 Å². The van der Waals surface area contributed by atoms with Crippen molar-refractivity contribution in [2.75, 3.05) is 0 Å². The molecule has 0 bridgehead atoms. The van der Waals surface area contributed by atoms with Gasteiger partial charge in [0.2, 0.25) is 11.5 Å². The van der Waals surface area contributed by atoms with Crippen LogP contribution in [0.2, 0.25) is 0 Å². The number of carboxylic acid groups (broad SMARTS) is 2. The summed E-state index contributed by atoms with van der Waals surface area (Å²) in [5.41, 5.74) is 1.06. The van der Waals surface area contributed by atoms with Gasteiger partial charge in [0.25, 0.3) is 0 Å². The molecule has 1 aromatic heterocycles. The van der Waals surface area contributed by atoms with Crippen LogP contribution in [0.5, 0.6) is 0 Å². The number of aromatic carboxylic acids is 2. The van der Waals surface area contributed by atoms with Crippen LogP contribution < -0.4 is 0 Å². The molecule has 5 heteroatoms.